The van der Waals surface area contributed by atoms with Gasteiger partial charge in [0, 0.05) is 30.9 Å². The van der Waals surface area contributed by atoms with Gasteiger partial charge in [0.1, 0.15) is 5.82 Å². The van der Waals surface area contributed by atoms with Crippen molar-refractivity contribution in [2.24, 2.45) is 5.92 Å². The standard InChI is InChI=1S/C20H21FN2O2/c21-18-9-5-4-6-14(18)11-23-12-16-10-17(19(13-23)25-16)20(24)22-15-7-2-1-3-8-15/h1-9,16-17,19H,10-13H2,(H,22,24)/t16-,17+,19+/m0/s1. The van der Waals surface area contributed by atoms with Crippen LogP contribution in [0.3, 0.4) is 0 Å². The molecule has 0 aliphatic carbocycles. The van der Waals surface area contributed by atoms with Gasteiger partial charge in [-0.05, 0) is 24.6 Å². The molecular weight excluding hydrogens is 319 g/mol. The predicted molar refractivity (Wildman–Crippen MR) is 93.5 cm³/mol. The number of hydrogen-bond acceptors (Lipinski definition) is 3. The number of likely N-dealkylation sites (tertiary alicyclic amines) is 1. The third kappa shape index (κ3) is 3.57. The van der Waals surface area contributed by atoms with Crippen LogP contribution in [0.15, 0.2) is 54.6 Å². The Bertz CT molecular complexity index is 752. The van der Waals surface area contributed by atoms with Crippen LogP contribution < -0.4 is 5.32 Å². The highest BCUT2D eigenvalue weighted by molar-refractivity contribution is 5.93. The molecule has 1 N–H and O–H groups in total. The summed E-state index contributed by atoms with van der Waals surface area (Å²) in [5.74, 6) is -0.332. The number of nitrogens with one attached hydrogen (secondary N) is 1. The fourth-order valence-corrected chi connectivity index (χ4v) is 3.77. The number of nitrogens with zero attached hydrogens (tertiary/aromatic N) is 1. The minimum atomic E-state index is -0.181. The molecule has 0 radical (unpaired) electrons. The van der Waals surface area contributed by atoms with E-state index in [1.165, 1.54) is 6.07 Å². The molecule has 2 bridgehead atoms. The van der Waals surface area contributed by atoms with Gasteiger partial charge in [0.2, 0.25) is 5.91 Å². The summed E-state index contributed by atoms with van der Waals surface area (Å²) in [5.41, 5.74) is 1.49. The maximum Gasteiger partial charge on any atom is 0.230 e. The normalized spacial score (nSPS) is 25.7. The van der Waals surface area contributed by atoms with Gasteiger partial charge in [-0.15, -0.1) is 0 Å². The van der Waals surface area contributed by atoms with E-state index in [4.69, 9.17) is 4.74 Å². The van der Waals surface area contributed by atoms with Crippen LogP contribution in [0, 0.1) is 11.7 Å². The fraction of sp³-hybridized carbons (Fsp3) is 0.350. The van der Waals surface area contributed by atoms with Crippen molar-refractivity contribution in [2.75, 3.05) is 18.4 Å². The number of halogens is 1. The number of anilines is 1. The van der Waals surface area contributed by atoms with E-state index in [0.29, 0.717) is 18.7 Å². The molecule has 25 heavy (non-hydrogen) atoms. The van der Waals surface area contributed by atoms with Crippen LogP contribution in [-0.4, -0.2) is 36.1 Å². The van der Waals surface area contributed by atoms with Crippen molar-refractivity contribution in [3.05, 3.63) is 66.0 Å². The minimum absolute atomic E-state index is 0.00596. The highest BCUT2D eigenvalue weighted by atomic mass is 19.1. The zero-order valence-corrected chi connectivity index (χ0v) is 13.9. The Hall–Kier alpha value is -2.24. The van der Waals surface area contributed by atoms with Crippen LogP contribution >= 0.6 is 0 Å². The predicted octanol–water partition coefficient (Wildman–Crippen LogP) is 3.05. The van der Waals surface area contributed by atoms with Gasteiger partial charge in [-0.2, -0.15) is 0 Å². The number of benzene rings is 2. The molecule has 2 aliphatic rings. The van der Waals surface area contributed by atoms with E-state index >= 15 is 0 Å². The number of rotatable bonds is 4. The van der Waals surface area contributed by atoms with Crippen LogP contribution in [0.4, 0.5) is 10.1 Å². The summed E-state index contributed by atoms with van der Waals surface area (Å²) < 4.78 is 19.9. The molecule has 4 rings (SSSR count). The molecule has 0 unspecified atom stereocenters. The average molecular weight is 340 g/mol. The Labute approximate surface area is 146 Å². The number of morpholine rings is 1. The summed E-state index contributed by atoms with van der Waals surface area (Å²) >= 11 is 0. The Kier molecular flexibility index (Phi) is 4.51. The number of para-hydroxylation sites is 1. The van der Waals surface area contributed by atoms with Gasteiger partial charge >= 0.3 is 0 Å². The highest BCUT2D eigenvalue weighted by Crippen LogP contribution is 2.33. The van der Waals surface area contributed by atoms with Gasteiger partial charge in [0.15, 0.2) is 0 Å². The molecule has 2 aliphatic heterocycles. The average Bonchev–Trinajstić information content (AvgIpc) is 2.92. The van der Waals surface area contributed by atoms with E-state index in [1.807, 2.05) is 42.5 Å². The summed E-state index contributed by atoms with van der Waals surface area (Å²) in [6, 6.07) is 16.3. The topological polar surface area (TPSA) is 41.6 Å². The minimum Gasteiger partial charge on any atom is -0.371 e. The van der Waals surface area contributed by atoms with Crippen molar-refractivity contribution >= 4 is 11.6 Å². The fourth-order valence-electron chi connectivity index (χ4n) is 3.77. The summed E-state index contributed by atoms with van der Waals surface area (Å²) in [6.45, 7) is 1.94. The van der Waals surface area contributed by atoms with Gasteiger partial charge in [-0.25, -0.2) is 4.39 Å². The first-order valence-corrected chi connectivity index (χ1v) is 8.66. The van der Waals surface area contributed by atoms with Crippen molar-refractivity contribution in [1.29, 1.82) is 0 Å². The molecule has 2 fully saturated rings. The third-order valence-electron chi connectivity index (χ3n) is 4.96. The Balaban J connectivity index is 1.40. The SMILES string of the molecule is O=C(Nc1ccccc1)[C@@H]1C[C@H]2CN(Cc3ccccc3F)C[C@H]1O2. The second-order valence-corrected chi connectivity index (χ2v) is 6.78. The van der Waals surface area contributed by atoms with E-state index in [1.54, 1.807) is 6.07 Å². The molecule has 5 heteroatoms. The quantitative estimate of drug-likeness (QED) is 0.930. The molecule has 3 atom stereocenters. The lowest BCUT2D eigenvalue weighted by Crippen LogP contribution is -2.44. The Morgan fingerprint density at radius 3 is 2.68 bits per heavy atom. The first kappa shape index (κ1) is 16.2. The highest BCUT2D eigenvalue weighted by Gasteiger charge is 2.44. The van der Waals surface area contributed by atoms with Crippen LogP contribution in [0.2, 0.25) is 0 Å². The second kappa shape index (κ2) is 6.94. The lowest BCUT2D eigenvalue weighted by molar-refractivity contribution is -0.123. The molecule has 130 valence electrons. The van der Waals surface area contributed by atoms with Crippen LogP contribution in [0.5, 0.6) is 0 Å². The van der Waals surface area contributed by atoms with Crippen molar-refractivity contribution in [3.63, 3.8) is 0 Å². The smallest absolute Gasteiger partial charge is 0.230 e. The lowest BCUT2D eigenvalue weighted by Gasteiger charge is -2.32. The Morgan fingerprint density at radius 2 is 1.88 bits per heavy atom. The zero-order chi connectivity index (χ0) is 17.2. The van der Waals surface area contributed by atoms with Gasteiger partial charge in [0.25, 0.3) is 0 Å². The summed E-state index contributed by atoms with van der Waals surface area (Å²) in [4.78, 5) is 14.8. The van der Waals surface area contributed by atoms with E-state index < -0.39 is 0 Å². The maximum absolute atomic E-state index is 13.9. The van der Waals surface area contributed by atoms with Crippen molar-refractivity contribution in [1.82, 2.24) is 4.90 Å². The van der Waals surface area contributed by atoms with Crippen molar-refractivity contribution < 1.29 is 13.9 Å². The molecule has 0 saturated carbocycles. The number of ether oxygens (including phenoxy) is 1. The number of amides is 1. The molecule has 2 heterocycles. The number of fused-ring (bicyclic) bond motifs is 2. The second-order valence-electron chi connectivity index (χ2n) is 6.78. The first-order chi connectivity index (χ1) is 12.2. The maximum atomic E-state index is 13.9. The number of carbonyl (C=O) groups is 1. The van der Waals surface area contributed by atoms with Crippen LogP contribution in [0.1, 0.15) is 12.0 Å². The van der Waals surface area contributed by atoms with Crippen LogP contribution in [-0.2, 0) is 16.1 Å². The Morgan fingerprint density at radius 1 is 1.12 bits per heavy atom. The summed E-state index contributed by atoms with van der Waals surface area (Å²) in [5, 5.41) is 2.97. The van der Waals surface area contributed by atoms with E-state index in [2.05, 4.69) is 10.2 Å². The largest absolute Gasteiger partial charge is 0.371 e. The van der Waals surface area contributed by atoms with Crippen molar-refractivity contribution in [3.8, 4) is 0 Å². The number of hydrogen-bond donors (Lipinski definition) is 1. The molecule has 0 spiro atoms. The molecule has 1 amide bonds. The monoisotopic (exact) mass is 340 g/mol. The van der Waals surface area contributed by atoms with Crippen LogP contribution in [0.25, 0.3) is 0 Å². The molecule has 2 aromatic rings. The summed E-state index contributed by atoms with van der Waals surface area (Å²) in [6.07, 6.45) is 0.628. The molecule has 4 nitrogen and oxygen atoms in total. The molecular formula is C20H21FN2O2. The third-order valence-corrected chi connectivity index (χ3v) is 4.96. The van der Waals surface area contributed by atoms with Gasteiger partial charge < -0.3 is 10.1 Å². The van der Waals surface area contributed by atoms with E-state index in [9.17, 15) is 9.18 Å². The molecule has 2 saturated heterocycles. The lowest BCUT2D eigenvalue weighted by atomic mass is 9.99. The van der Waals surface area contributed by atoms with Gasteiger partial charge in [-0.3, -0.25) is 9.69 Å². The van der Waals surface area contributed by atoms with E-state index in [0.717, 1.165) is 18.7 Å². The number of carbonyl (C=O) groups excluding carboxylic acids is 1. The van der Waals surface area contributed by atoms with Gasteiger partial charge in [0.05, 0.1) is 18.1 Å². The first-order valence-electron chi connectivity index (χ1n) is 8.66. The molecule has 2 aromatic carbocycles. The summed E-state index contributed by atoms with van der Waals surface area (Å²) in [7, 11) is 0. The van der Waals surface area contributed by atoms with Gasteiger partial charge in [-0.1, -0.05) is 36.4 Å². The molecule has 0 aromatic heterocycles. The van der Waals surface area contributed by atoms with E-state index in [-0.39, 0.29) is 29.9 Å². The van der Waals surface area contributed by atoms with Crippen molar-refractivity contribution in [2.45, 2.75) is 25.2 Å². The zero-order valence-electron chi connectivity index (χ0n) is 13.9.